The standard InChI is InChI=1S/C27H34N4O9/c1-6-39-29-12(2)40-31(5)11-13-7-8-17(32)19-15(13)9-14-10-16-21(30(3)4)23(34)20(26(28)37)25(36)27(16,38)24(35)18(14)22(19)33/h7-8,14,16,21,32-33,36,38H,6,9-11H2,1-5H3,(H2,28,37)/b29-12+/t14-,16-,21-,27-/m0/s1. The molecule has 1 saturated carbocycles. The average molecular weight is 559 g/mol. The van der Waals surface area contributed by atoms with Gasteiger partial charge in [-0.1, -0.05) is 11.2 Å². The number of ketones is 2. The number of nitrogens with two attached hydrogens (primary N) is 1. The Morgan fingerprint density at radius 2 is 1.88 bits per heavy atom. The minimum absolute atomic E-state index is 0.00726. The Morgan fingerprint density at radius 3 is 2.48 bits per heavy atom. The van der Waals surface area contributed by atoms with Gasteiger partial charge in [0.1, 0.15) is 29.4 Å². The maximum absolute atomic E-state index is 13.9. The molecule has 3 aliphatic rings. The number of hydrogen-bond donors (Lipinski definition) is 5. The number of aliphatic hydroxyl groups excluding tert-OH is 2. The lowest BCUT2D eigenvalue weighted by Crippen LogP contribution is -2.65. The third-order valence-electron chi connectivity index (χ3n) is 7.70. The van der Waals surface area contributed by atoms with Crippen molar-refractivity contribution >= 4 is 29.1 Å². The van der Waals surface area contributed by atoms with Gasteiger partial charge in [0.15, 0.2) is 11.4 Å². The first-order valence-electron chi connectivity index (χ1n) is 12.8. The van der Waals surface area contributed by atoms with Gasteiger partial charge in [-0.2, -0.15) is 0 Å². The van der Waals surface area contributed by atoms with Crippen molar-refractivity contribution in [3.63, 3.8) is 0 Å². The summed E-state index contributed by atoms with van der Waals surface area (Å²) in [5.41, 5.74) is 2.87. The van der Waals surface area contributed by atoms with E-state index in [1.807, 2.05) is 0 Å². The summed E-state index contributed by atoms with van der Waals surface area (Å²) in [6, 6.07) is 1.89. The number of likely N-dealkylation sites (N-methyl/N-ethyl adjacent to an activating group) is 1. The molecule has 4 rings (SSSR count). The van der Waals surface area contributed by atoms with Gasteiger partial charge >= 0.3 is 0 Å². The van der Waals surface area contributed by atoms with Crippen molar-refractivity contribution < 1.29 is 44.5 Å². The van der Waals surface area contributed by atoms with Gasteiger partial charge in [-0.25, -0.2) is 0 Å². The predicted octanol–water partition coefficient (Wildman–Crippen LogP) is 0.697. The molecule has 0 radical (unpaired) electrons. The molecule has 13 nitrogen and oxygen atoms in total. The number of benzene rings is 1. The first-order chi connectivity index (χ1) is 18.7. The summed E-state index contributed by atoms with van der Waals surface area (Å²) in [6.45, 7) is 3.99. The van der Waals surface area contributed by atoms with E-state index in [0.29, 0.717) is 17.7 Å². The van der Waals surface area contributed by atoms with E-state index >= 15 is 0 Å². The molecule has 216 valence electrons. The number of Topliss-reactive ketones (excluding diaryl/α,β-unsaturated/α-hetero) is 2. The number of amides is 1. The van der Waals surface area contributed by atoms with Crippen molar-refractivity contribution in [1.29, 1.82) is 0 Å². The van der Waals surface area contributed by atoms with Crippen LogP contribution in [0.1, 0.15) is 37.0 Å². The fourth-order valence-electron chi connectivity index (χ4n) is 6.13. The van der Waals surface area contributed by atoms with Gasteiger partial charge in [0.25, 0.3) is 5.91 Å². The summed E-state index contributed by atoms with van der Waals surface area (Å²) >= 11 is 0. The van der Waals surface area contributed by atoms with E-state index in [2.05, 4.69) is 5.16 Å². The zero-order valence-corrected chi connectivity index (χ0v) is 23.0. The number of primary amides is 1. The van der Waals surface area contributed by atoms with Crippen LogP contribution >= 0.6 is 0 Å². The van der Waals surface area contributed by atoms with E-state index in [0.717, 1.165) is 0 Å². The van der Waals surface area contributed by atoms with Gasteiger partial charge < -0.3 is 35.8 Å². The first kappa shape index (κ1) is 29.1. The number of oxime groups is 1. The number of fused-ring (bicyclic) bond motifs is 3. The Kier molecular flexibility index (Phi) is 7.67. The molecule has 1 fully saturated rings. The number of hydrogen-bond acceptors (Lipinski definition) is 12. The molecule has 0 saturated heterocycles. The number of carbonyl (C=O) groups excluding carboxylic acids is 3. The molecule has 1 aromatic rings. The Bertz CT molecular complexity index is 1370. The SMILES string of the molecule is CCO/N=C(\C)ON(C)Cc1ccc(O)c2c1C[C@H]1C[C@H]3[C@H](N(C)C)C(=O)C(C(N)=O)=C(O)[C@@]3(O)C(=O)C1=C2O. The molecule has 40 heavy (non-hydrogen) atoms. The molecule has 1 aromatic carbocycles. The Morgan fingerprint density at radius 1 is 1.20 bits per heavy atom. The van der Waals surface area contributed by atoms with Gasteiger partial charge in [-0.05, 0) is 57.0 Å². The fourth-order valence-corrected chi connectivity index (χ4v) is 6.13. The molecular weight excluding hydrogens is 524 g/mol. The second-order valence-electron chi connectivity index (χ2n) is 10.5. The molecule has 6 N–H and O–H groups in total. The summed E-state index contributed by atoms with van der Waals surface area (Å²) < 4.78 is 0. The maximum atomic E-state index is 13.9. The maximum Gasteiger partial charge on any atom is 0.255 e. The summed E-state index contributed by atoms with van der Waals surface area (Å²) in [6.07, 6.45) is 0.186. The lowest BCUT2D eigenvalue weighted by atomic mass is 9.57. The fraction of sp³-hybridized carbons (Fsp3) is 0.481. The second kappa shape index (κ2) is 10.6. The van der Waals surface area contributed by atoms with Crippen LogP contribution in [0.15, 0.2) is 34.2 Å². The van der Waals surface area contributed by atoms with Crippen LogP contribution in [0.3, 0.4) is 0 Å². The molecule has 0 heterocycles. The van der Waals surface area contributed by atoms with Crippen molar-refractivity contribution in [1.82, 2.24) is 9.96 Å². The van der Waals surface area contributed by atoms with Crippen LogP contribution in [0.25, 0.3) is 5.76 Å². The molecule has 1 amide bonds. The van der Waals surface area contributed by atoms with Crippen LogP contribution < -0.4 is 5.73 Å². The molecule has 0 aliphatic heterocycles. The van der Waals surface area contributed by atoms with Crippen molar-refractivity contribution in [2.45, 2.75) is 44.9 Å². The topological polar surface area (TPSA) is 195 Å². The molecule has 0 unspecified atom stereocenters. The first-order valence-corrected chi connectivity index (χ1v) is 12.8. The van der Waals surface area contributed by atoms with E-state index in [1.54, 1.807) is 41.1 Å². The van der Waals surface area contributed by atoms with Crippen molar-refractivity contribution in [3.05, 3.63) is 45.7 Å². The van der Waals surface area contributed by atoms with Crippen LogP contribution in [-0.4, -0.2) is 93.2 Å². The zero-order chi connectivity index (χ0) is 29.7. The van der Waals surface area contributed by atoms with E-state index in [1.165, 1.54) is 16.0 Å². The quantitative estimate of drug-likeness (QED) is 0.137. The summed E-state index contributed by atoms with van der Waals surface area (Å²) in [5, 5.41) is 49.9. The minimum Gasteiger partial charge on any atom is -0.508 e. The van der Waals surface area contributed by atoms with Gasteiger partial charge in [-0.3, -0.25) is 19.3 Å². The van der Waals surface area contributed by atoms with Crippen LogP contribution in [-0.2, 0) is 37.0 Å². The second-order valence-corrected chi connectivity index (χ2v) is 10.5. The third kappa shape index (κ3) is 4.49. The third-order valence-corrected chi connectivity index (χ3v) is 7.70. The van der Waals surface area contributed by atoms with Crippen molar-refractivity contribution in [2.24, 2.45) is 22.7 Å². The van der Waals surface area contributed by atoms with Gasteiger partial charge in [0.2, 0.25) is 11.7 Å². The van der Waals surface area contributed by atoms with Gasteiger partial charge in [-0.15, -0.1) is 5.06 Å². The van der Waals surface area contributed by atoms with Gasteiger partial charge in [0.05, 0.1) is 18.2 Å². The summed E-state index contributed by atoms with van der Waals surface area (Å²) in [4.78, 5) is 51.3. The largest absolute Gasteiger partial charge is 0.508 e. The van der Waals surface area contributed by atoms with Crippen LogP contribution in [0.5, 0.6) is 5.75 Å². The number of phenols is 1. The molecule has 13 heteroatoms. The highest BCUT2D eigenvalue weighted by molar-refractivity contribution is 6.24. The number of nitrogens with zero attached hydrogens (tertiary/aromatic N) is 3. The lowest BCUT2D eigenvalue weighted by molar-refractivity contribution is -0.153. The number of phenolic OH excluding ortho intramolecular Hbond substituents is 1. The minimum atomic E-state index is -2.68. The number of aliphatic hydroxyl groups is 3. The highest BCUT2D eigenvalue weighted by Gasteiger charge is 2.64. The molecule has 3 aliphatic carbocycles. The zero-order valence-electron chi connectivity index (χ0n) is 23.0. The van der Waals surface area contributed by atoms with Crippen LogP contribution in [0.4, 0.5) is 0 Å². The Hall–Kier alpha value is -3.94. The predicted molar refractivity (Wildman–Crippen MR) is 142 cm³/mol. The number of aromatic hydroxyl groups is 1. The summed E-state index contributed by atoms with van der Waals surface area (Å²) in [7, 11) is 4.77. The lowest BCUT2D eigenvalue weighted by Gasteiger charge is -2.50. The number of hydroxylamine groups is 2. The summed E-state index contributed by atoms with van der Waals surface area (Å²) in [5.74, 6) is -6.64. The molecule has 0 aromatic heterocycles. The van der Waals surface area contributed by atoms with Crippen LogP contribution in [0, 0.1) is 11.8 Å². The van der Waals surface area contributed by atoms with E-state index in [-0.39, 0.29) is 42.2 Å². The Labute approximate surface area is 230 Å². The van der Waals surface area contributed by atoms with Crippen molar-refractivity contribution in [3.8, 4) is 5.75 Å². The highest BCUT2D eigenvalue weighted by atomic mass is 16.7. The average Bonchev–Trinajstić information content (AvgIpc) is 2.86. The molecule has 0 spiro atoms. The highest BCUT2D eigenvalue weighted by Crippen LogP contribution is 2.53. The van der Waals surface area contributed by atoms with E-state index in [4.69, 9.17) is 15.4 Å². The van der Waals surface area contributed by atoms with Crippen molar-refractivity contribution in [2.75, 3.05) is 27.7 Å². The smallest absolute Gasteiger partial charge is 0.255 e. The van der Waals surface area contributed by atoms with Gasteiger partial charge in [0, 0.05) is 25.5 Å². The monoisotopic (exact) mass is 558 g/mol. The van der Waals surface area contributed by atoms with Crippen LogP contribution in [0.2, 0.25) is 0 Å². The van der Waals surface area contributed by atoms with E-state index < -0.39 is 58.0 Å². The molecular formula is C27H34N4O9. The van der Waals surface area contributed by atoms with E-state index in [9.17, 15) is 34.8 Å². The number of carbonyl (C=O) groups is 3. The number of rotatable bonds is 7. The molecule has 4 atom stereocenters. The molecule has 0 bridgehead atoms. The Balaban J connectivity index is 1.81. The normalized spacial score (nSPS) is 26.6.